The van der Waals surface area contributed by atoms with E-state index in [1.54, 1.807) is 24.5 Å². The SMILES string of the molecule is Fc1cc(-c2cccnc2Cl)cn2ncnc12. The first-order chi connectivity index (χ1) is 8.25. The van der Waals surface area contributed by atoms with Gasteiger partial charge in [-0.15, -0.1) is 0 Å². The lowest BCUT2D eigenvalue weighted by Gasteiger charge is -2.04. The highest BCUT2D eigenvalue weighted by Crippen LogP contribution is 2.26. The molecule has 0 saturated carbocycles. The van der Waals surface area contributed by atoms with Crippen molar-refractivity contribution in [2.45, 2.75) is 0 Å². The number of pyridine rings is 2. The summed E-state index contributed by atoms with van der Waals surface area (Å²) in [6.45, 7) is 0. The smallest absolute Gasteiger partial charge is 0.191 e. The van der Waals surface area contributed by atoms with E-state index in [2.05, 4.69) is 15.1 Å². The Morgan fingerprint density at radius 3 is 3.00 bits per heavy atom. The molecular formula is C11H6ClFN4. The first-order valence-electron chi connectivity index (χ1n) is 4.85. The summed E-state index contributed by atoms with van der Waals surface area (Å²) in [6.07, 6.45) is 4.54. The molecule has 0 aliphatic rings. The van der Waals surface area contributed by atoms with Gasteiger partial charge >= 0.3 is 0 Å². The van der Waals surface area contributed by atoms with Gasteiger partial charge in [0.15, 0.2) is 11.5 Å². The van der Waals surface area contributed by atoms with E-state index in [-0.39, 0.29) is 5.65 Å². The van der Waals surface area contributed by atoms with Gasteiger partial charge in [-0.05, 0) is 18.2 Å². The van der Waals surface area contributed by atoms with Crippen LogP contribution in [0.5, 0.6) is 0 Å². The molecule has 0 unspecified atom stereocenters. The maximum Gasteiger partial charge on any atom is 0.191 e. The van der Waals surface area contributed by atoms with Gasteiger partial charge in [0.25, 0.3) is 0 Å². The van der Waals surface area contributed by atoms with E-state index in [1.807, 2.05) is 0 Å². The Bertz CT molecular complexity index is 695. The fraction of sp³-hybridized carbons (Fsp3) is 0. The molecule has 4 nitrogen and oxygen atoms in total. The maximum absolute atomic E-state index is 13.7. The highest BCUT2D eigenvalue weighted by Gasteiger charge is 2.09. The second kappa shape index (κ2) is 3.78. The molecule has 0 radical (unpaired) electrons. The Kier molecular flexibility index (Phi) is 2.26. The molecule has 0 aliphatic carbocycles. The molecule has 0 aliphatic heterocycles. The predicted molar refractivity (Wildman–Crippen MR) is 61.2 cm³/mol. The molecule has 3 rings (SSSR count). The number of nitrogens with zero attached hydrogens (tertiary/aromatic N) is 4. The molecule has 0 amide bonds. The molecule has 0 saturated heterocycles. The summed E-state index contributed by atoms with van der Waals surface area (Å²) < 4.78 is 15.1. The van der Waals surface area contributed by atoms with Crippen LogP contribution in [0.25, 0.3) is 16.8 Å². The summed E-state index contributed by atoms with van der Waals surface area (Å²) in [5, 5.41) is 4.22. The van der Waals surface area contributed by atoms with E-state index < -0.39 is 5.82 Å². The maximum atomic E-state index is 13.7. The lowest BCUT2D eigenvalue weighted by Crippen LogP contribution is -1.93. The van der Waals surface area contributed by atoms with Crippen LogP contribution in [0.1, 0.15) is 0 Å². The van der Waals surface area contributed by atoms with Crippen molar-refractivity contribution in [3.63, 3.8) is 0 Å². The number of rotatable bonds is 1. The predicted octanol–water partition coefficient (Wildman–Crippen LogP) is 2.58. The molecule has 0 atom stereocenters. The van der Waals surface area contributed by atoms with Gasteiger partial charge in [0.1, 0.15) is 11.5 Å². The molecule has 3 aromatic heterocycles. The van der Waals surface area contributed by atoms with E-state index in [0.717, 1.165) is 0 Å². The third-order valence-electron chi connectivity index (χ3n) is 2.40. The van der Waals surface area contributed by atoms with Gasteiger partial charge < -0.3 is 0 Å². The second-order valence-electron chi connectivity index (χ2n) is 3.45. The lowest BCUT2D eigenvalue weighted by atomic mass is 10.1. The van der Waals surface area contributed by atoms with Crippen LogP contribution in [0.2, 0.25) is 5.15 Å². The zero-order chi connectivity index (χ0) is 11.8. The zero-order valence-corrected chi connectivity index (χ0v) is 9.26. The molecule has 0 aromatic carbocycles. The molecule has 0 spiro atoms. The van der Waals surface area contributed by atoms with E-state index in [0.29, 0.717) is 16.3 Å². The summed E-state index contributed by atoms with van der Waals surface area (Å²) in [6, 6.07) is 4.88. The van der Waals surface area contributed by atoms with E-state index in [9.17, 15) is 4.39 Å². The van der Waals surface area contributed by atoms with Crippen molar-refractivity contribution in [2.24, 2.45) is 0 Å². The Hall–Kier alpha value is -2.01. The summed E-state index contributed by atoms with van der Waals surface area (Å²) in [5.41, 5.74) is 1.46. The largest absolute Gasteiger partial charge is 0.244 e. The highest BCUT2D eigenvalue weighted by atomic mass is 35.5. The third kappa shape index (κ3) is 1.64. The van der Waals surface area contributed by atoms with Crippen LogP contribution in [0.15, 0.2) is 36.9 Å². The third-order valence-corrected chi connectivity index (χ3v) is 2.70. The molecule has 0 fully saturated rings. The van der Waals surface area contributed by atoms with E-state index in [1.165, 1.54) is 16.9 Å². The van der Waals surface area contributed by atoms with Crippen LogP contribution in [0, 0.1) is 5.82 Å². The standard InChI is InChI=1S/C11H6ClFN4/c12-10-8(2-1-3-14-10)7-4-9(13)11-15-6-16-17(11)5-7/h1-6H. The minimum Gasteiger partial charge on any atom is -0.244 e. The summed E-state index contributed by atoms with van der Waals surface area (Å²) in [7, 11) is 0. The molecule has 84 valence electrons. The van der Waals surface area contributed by atoms with Gasteiger partial charge in [-0.2, -0.15) is 5.10 Å². The van der Waals surface area contributed by atoms with Gasteiger partial charge in [-0.25, -0.2) is 18.9 Å². The minimum absolute atomic E-state index is 0.189. The van der Waals surface area contributed by atoms with E-state index in [4.69, 9.17) is 11.6 Å². The van der Waals surface area contributed by atoms with Crippen LogP contribution < -0.4 is 0 Å². The quantitative estimate of drug-likeness (QED) is 0.622. The highest BCUT2D eigenvalue weighted by molar-refractivity contribution is 6.32. The number of halogens is 2. The van der Waals surface area contributed by atoms with Crippen molar-refractivity contribution in [2.75, 3.05) is 0 Å². The van der Waals surface area contributed by atoms with Gasteiger partial charge in [0.2, 0.25) is 0 Å². The normalized spacial score (nSPS) is 10.9. The van der Waals surface area contributed by atoms with Crippen molar-refractivity contribution in [1.29, 1.82) is 0 Å². The lowest BCUT2D eigenvalue weighted by molar-refractivity contribution is 0.628. The molecule has 0 bridgehead atoms. The van der Waals surface area contributed by atoms with Gasteiger partial charge in [-0.3, -0.25) is 0 Å². The van der Waals surface area contributed by atoms with Crippen molar-refractivity contribution >= 4 is 17.2 Å². The van der Waals surface area contributed by atoms with Crippen molar-refractivity contribution in [1.82, 2.24) is 19.6 Å². The Morgan fingerprint density at radius 1 is 1.29 bits per heavy atom. The van der Waals surface area contributed by atoms with Crippen molar-refractivity contribution < 1.29 is 4.39 Å². The van der Waals surface area contributed by atoms with Crippen LogP contribution >= 0.6 is 11.6 Å². The molecule has 3 heterocycles. The molecule has 17 heavy (non-hydrogen) atoms. The average molecular weight is 249 g/mol. The average Bonchev–Trinajstić information content (AvgIpc) is 2.78. The summed E-state index contributed by atoms with van der Waals surface area (Å²) in [5.74, 6) is -0.445. The van der Waals surface area contributed by atoms with Crippen LogP contribution in [-0.2, 0) is 0 Å². The minimum atomic E-state index is -0.445. The molecule has 3 aromatic rings. The van der Waals surface area contributed by atoms with Crippen LogP contribution in [0.4, 0.5) is 4.39 Å². The van der Waals surface area contributed by atoms with Gasteiger partial charge in [0, 0.05) is 23.5 Å². The number of aromatic nitrogens is 4. The molecule has 0 N–H and O–H groups in total. The summed E-state index contributed by atoms with van der Waals surface area (Å²) >= 11 is 5.96. The fourth-order valence-electron chi connectivity index (χ4n) is 1.63. The molecular weight excluding hydrogens is 243 g/mol. The topological polar surface area (TPSA) is 43.1 Å². The zero-order valence-electron chi connectivity index (χ0n) is 8.51. The number of hydrogen-bond acceptors (Lipinski definition) is 3. The molecule has 6 heteroatoms. The number of fused-ring (bicyclic) bond motifs is 1. The van der Waals surface area contributed by atoms with Crippen molar-refractivity contribution in [3.8, 4) is 11.1 Å². The summed E-state index contributed by atoms with van der Waals surface area (Å²) in [4.78, 5) is 7.75. The van der Waals surface area contributed by atoms with Crippen LogP contribution in [0.3, 0.4) is 0 Å². The number of hydrogen-bond donors (Lipinski definition) is 0. The Labute approximate surface area is 101 Å². The first-order valence-corrected chi connectivity index (χ1v) is 5.23. The second-order valence-corrected chi connectivity index (χ2v) is 3.80. The monoisotopic (exact) mass is 248 g/mol. The van der Waals surface area contributed by atoms with Crippen LogP contribution in [-0.4, -0.2) is 19.6 Å². The van der Waals surface area contributed by atoms with Gasteiger partial charge in [-0.1, -0.05) is 11.6 Å². The van der Waals surface area contributed by atoms with Crippen molar-refractivity contribution in [3.05, 3.63) is 47.9 Å². The van der Waals surface area contributed by atoms with E-state index >= 15 is 0 Å². The fourth-order valence-corrected chi connectivity index (χ4v) is 1.86. The Morgan fingerprint density at radius 2 is 2.18 bits per heavy atom. The van der Waals surface area contributed by atoms with Gasteiger partial charge in [0.05, 0.1) is 0 Å². The first kappa shape index (κ1) is 10.2. The Balaban J connectivity index is 2.28.